The van der Waals surface area contributed by atoms with Crippen LogP contribution in [-0.4, -0.2) is 26.8 Å². The van der Waals surface area contributed by atoms with E-state index in [1.807, 2.05) is 30.3 Å². The Morgan fingerprint density at radius 2 is 1.68 bits per heavy atom. The van der Waals surface area contributed by atoms with Gasteiger partial charge in [-0.15, -0.1) is 0 Å². The van der Waals surface area contributed by atoms with Gasteiger partial charge < -0.3 is 18.9 Å². The number of hydrogen-bond donors (Lipinski definition) is 0. The number of hydrogen-bond acceptors (Lipinski definition) is 5. The predicted octanol–water partition coefficient (Wildman–Crippen LogP) is 3.86. The second-order valence-corrected chi connectivity index (χ2v) is 5.10. The molecule has 5 nitrogen and oxygen atoms in total. The highest BCUT2D eigenvalue weighted by atomic mass is 16.5. The first-order valence-corrected chi connectivity index (χ1v) is 7.95. The summed E-state index contributed by atoms with van der Waals surface area (Å²) in [5.41, 5.74) is 1.71. The van der Waals surface area contributed by atoms with Crippen LogP contribution in [-0.2, 0) is 16.1 Å². The van der Waals surface area contributed by atoms with Gasteiger partial charge in [0.1, 0.15) is 23.9 Å². The Balaban J connectivity index is 2.22. The minimum absolute atomic E-state index is 0.323. The van der Waals surface area contributed by atoms with E-state index in [1.165, 1.54) is 6.08 Å². The molecule has 0 aliphatic heterocycles. The van der Waals surface area contributed by atoms with Crippen LogP contribution < -0.4 is 14.2 Å². The van der Waals surface area contributed by atoms with Crippen molar-refractivity contribution in [3.8, 4) is 17.2 Å². The van der Waals surface area contributed by atoms with Crippen molar-refractivity contribution in [3.63, 3.8) is 0 Å². The van der Waals surface area contributed by atoms with Crippen LogP contribution in [0.1, 0.15) is 18.1 Å². The van der Waals surface area contributed by atoms with Gasteiger partial charge in [-0.05, 0) is 18.6 Å². The van der Waals surface area contributed by atoms with E-state index >= 15 is 0 Å². The lowest BCUT2D eigenvalue weighted by Gasteiger charge is -2.14. The van der Waals surface area contributed by atoms with E-state index in [-0.39, 0.29) is 0 Å². The van der Waals surface area contributed by atoms with Crippen molar-refractivity contribution in [1.29, 1.82) is 0 Å². The number of ether oxygens (including phenoxy) is 4. The second kappa shape index (κ2) is 9.37. The lowest BCUT2D eigenvalue weighted by molar-refractivity contribution is -0.137. The van der Waals surface area contributed by atoms with Gasteiger partial charge in [-0.25, -0.2) is 4.79 Å². The summed E-state index contributed by atoms with van der Waals surface area (Å²) in [6, 6.07) is 13.4. The highest BCUT2D eigenvalue weighted by molar-refractivity contribution is 5.88. The Hall–Kier alpha value is -2.95. The maximum absolute atomic E-state index is 11.5. The molecule has 0 heterocycles. The smallest absolute Gasteiger partial charge is 0.330 e. The van der Waals surface area contributed by atoms with Gasteiger partial charge in [0.25, 0.3) is 0 Å². The Labute approximate surface area is 147 Å². The van der Waals surface area contributed by atoms with Gasteiger partial charge in [-0.2, -0.15) is 0 Å². The van der Waals surface area contributed by atoms with Crippen LogP contribution in [0.15, 0.2) is 48.5 Å². The first-order valence-electron chi connectivity index (χ1n) is 7.95. The molecular weight excluding hydrogens is 320 g/mol. The molecule has 25 heavy (non-hydrogen) atoms. The SMILES string of the molecule is CCOC(=O)/C=C/c1c(OC)cc(OCc2ccccc2)cc1OC. The average molecular weight is 342 g/mol. The fourth-order valence-corrected chi connectivity index (χ4v) is 2.25. The topological polar surface area (TPSA) is 54.0 Å². The highest BCUT2D eigenvalue weighted by Crippen LogP contribution is 2.35. The minimum Gasteiger partial charge on any atom is -0.496 e. The minimum atomic E-state index is -0.420. The van der Waals surface area contributed by atoms with Gasteiger partial charge in [0.2, 0.25) is 0 Å². The molecule has 0 saturated heterocycles. The summed E-state index contributed by atoms with van der Waals surface area (Å²) in [5, 5.41) is 0. The fourth-order valence-electron chi connectivity index (χ4n) is 2.25. The molecule has 0 aliphatic carbocycles. The van der Waals surface area contributed by atoms with E-state index in [1.54, 1.807) is 39.4 Å². The summed E-state index contributed by atoms with van der Waals surface area (Å²) < 4.78 is 21.5. The molecule has 0 bridgehead atoms. The van der Waals surface area contributed by atoms with Crippen LogP contribution in [0.2, 0.25) is 0 Å². The van der Waals surface area contributed by atoms with Crippen molar-refractivity contribution in [2.45, 2.75) is 13.5 Å². The van der Waals surface area contributed by atoms with Gasteiger partial charge in [0.05, 0.1) is 26.4 Å². The van der Waals surface area contributed by atoms with Gasteiger partial charge in [-0.3, -0.25) is 0 Å². The Bertz CT molecular complexity index is 697. The number of esters is 1. The summed E-state index contributed by atoms with van der Waals surface area (Å²) in [4.78, 5) is 11.5. The van der Waals surface area contributed by atoms with Crippen LogP contribution in [0.3, 0.4) is 0 Å². The van der Waals surface area contributed by atoms with E-state index in [4.69, 9.17) is 18.9 Å². The summed E-state index contributed by atoms with van der Waals surface area (Å²) in [6.07, 6.45) is 2.95. The summed E-state index contributed by atoms with van der Waals surface area (Å²) >= 11 is 0. The zero-order chi connectivity index (χ0) is 18.1. The normalized spacial score (nSPS) is 10.5. The Kier molecular flexibility index (Phi) is 6.89. The van der Waals surface area contributed by atoms with Crippen LogP contribution in [0.5, 0.6) is 17.2 Å². The summed E-state index contributed by atoms with van der Waals surface area (Å²) in [6.45, 7) is 2.51. The lowest BCUT2D eigenvalue weighted by Crippen LogP contribution is -2.00. The molecule has 0 fully saturated rings. The Morgan fingerprint density at radius 1 is 1.04 bits per heavy atom. The highest BCUT2D eigenvalue weighted by Gasteiger charge is 2.12. The number of methoxy groups -OCH3 is 2. The maximum Gasteiger partial charge on any atom is 0.330 e. The third kappa shape index (κ3) is 5.28. The van der Waals surface area contributed by atoms with Crippen molar-refractivity contribution in [3.05, 3.63) is 59.7 Å². The van der Waals surface area contributed by atoms with Gasteiger partial charge in [0.15, 0.2) is 0 Å². The lowest BCUT2D eigenvalue weighted by atomic mass is 10.1. The van der Waals surface area contributed by atoms with Crippen molar-refractivity contribution in [1.82, 2.24) is 0 Å². The number of rotatable bonds is 8. The number of carbonyl (C=O) groups is 1. The van der Waals surface area contributed by atoms with E-state index in [9.17, 15) is 4.79 Å². The molecule has 0 spiro atoms. The molecule has 2 rings (SSSR count). The molecule has 0 aliphatic rings. The van der Waals surface area contributed by atoms with Crippen molar-refractivity contribution in [2.24, 2.45) is 0 Å². The molecule has 0 unspecified atom stereocenters. The fraction of sp³-hybridized carbons (Fsp3) is 0.250. The maximum atomic E-state index is 11.5. The molecule has 0 saturated carbocycles. The van der Waals surface area contributed by atoms with Crippen LogP contribution >= 0.6 is 0 Å². The monoisotopic (exact) mass is 342 g/mol. The third-order valence-electron chi connectivity index (χ3n) is 3.44. The van der Waals surface area contributed by atoms with Crippen LogP contribution in [0.4, 0.5) is 0 Å². The standard InChI is InChI=1S/C20H22O5/c1-4-24-20(21)11-10-17-18(22-2)12-16(13-19(17)23-3)25-14-15-8-6-5-7-9-15/h5-13H,4,14H2,1-3H3/b11-10+. The molecule has 0 amide bonds. The van der Waals surface area contributed by atoms with Gasteiger partial charge >= 0.3 is 5.97 Å². The quantitative estimate of drug-likeness (QED) is 0.539. The largest absolute Gasteiger partial charge is 0.496 e. The number of benzene rings is 2. The first kappa shape index (κ1) is 18.4. The third-order valence-corrected chi connectivity index (χ3v) is 3.44. The number of carbonyl (C=O) groups excluding carboxylic acids is 1. The van der Waals surface area contributed by atoms with Crippen LogP contribution in [0, 0.1) is 0 Å². The summed E-state index contributed by atoms with van der Waals surface area (Å²) in [5.74, 6) is 1.28. The average Bonchev–Trinajstić information content (AvgIpc) is 2.65. The first-order chi connectivity index (χ1) is 12.2. The molecule has 2 aromatic carbocycles. The van der Waals surface area contributed by atoms with Gasteiger partial charge in [0, 0.05) is 18.2 Å². The van der Waals surface area contributed by atoms with Crippen molar-refractivity contribution in [2.75, 3.05) is 20.8 Å². The Morgan fingerprint density at radius 3 is 2.24 bits per heavy atom. The van der Waals surface area contributed by atoms with E-state index in [2.05, 4.69) is 0 Å². The van der Waals surface area contributed by atoms with Crippen molar-refractivity contribution < 1.29 is 23.7 Å². The molecule has 0 atom stereocenters. The second-order valence-electron chi connectivity index (χ2n) is 5.10. The predicted molar refractivity (Wildman–Crippen MR) is 96.0 cm³/mol. The molecule has 0 N–H and O–H groups in total. The zero-order valence-corrected chi connectivity index (χ0v) is 14.7. The molecule has 0 aromatic heterocycles. The molecule has 5 heteroatoms. The summed E-state index contributed by atoms with van der Waals surface area (Å²) in [7, 11) is 3.11. The zero-order valence-electron chi connectivity index (χ0n) is 14.7. The van der Waals surface area contributed by atoms with E-state index in [0.29, 0.717) is 36.0 Å². The molecule has 2 aromatic rings. The van der Waals surface area contributed by atoms with Crippen molar-refractivity contribution >= 4 is 12.0 Å². The van der Waals surface area contributed by atoms with Gasteiger partial charge in [-0.1, -0.05) is 30.3 Å². The van der Waals surface area contributed by atoms with Crippen LogP contribution in [0.25, 0.3) is 6.08 Å². The van der Waals surface area contributed by atoms with E-state index in [0.717, 1.165) is 5.56 Å². The molecular formula is C20H22O5. The molecule has 132 valence electrons. The van der Waals surface area contributed by atoms with E-state index < -0.39 is 5.97 Å². The molecule has 0 radical (unpaired) electrons.